The second-order valence-corrected chi connectivity index (χ2v) is 8.46. The number of benzene rings is 1. The molecule has 0 atom stereocenters. The number of carbonyl (C=O) groups excluding carboxylic acids is 1. The van der Waals surface area contributed by atoms with Crippen LogP contribution in [0.2, 0.25) is 0 Å². The molecule has 0 spiro atoms. The van der Waals surface area contributed by atoms with Gasteiger partial charge in [-0.1, -0.05) is 18.2 Å². The van der Waals surface area contributed by atoms with Crippen molar-refractivity contribution in [3.05, 3.63) is 65.8 Å². The van der Waals surface area contributed by atoms with Crippen molar-refractivity contribution in [1.29, 1.82) is 0 Å². The van der Waals surface area contributed by atoms with Gasteiger partial charge in [0.15, 0.2) is 5.82 Å². The van der Waals surface area contributed by atoms with Crippen LogP contribution in [0.5, 0.6) is 0 Å². The lowest BCUT2D eigenvalue weighted by molar-refractivity contribution is 0.208. The normalized spacial score (nSPS) is 14.1. The molecule has 4 heterocycles. The molecule has 8 heteroatoms. The maximum atomic E-state index is 12.7. The van der Waals surface area contributed by atoms with Crippen LogP contribution < -0.4 is 10.2 Å². The molecule has 0 bridgehead atoms. The number of carbonyl (C=O) groups is 1. The Bertz CT molecular complexity index is 1220. The lowest BCUT2D eigenvalue weighted by atomic mass is 10.2. The number of amides is 2. The predicted molar refractivity (Wildman–Crippen MR) is 125 cm³/mol. The van der Waals surface area contributed by atoms with Crippen LogP contribution in [-0.2, 0) is 0 Å². The van der Waals surface area contributed by atoms with Crippen LogP contribution in [0.3, 0.4) is 0 Å². The summed E-state index contributed by atoms with van der Waals surface area (Å²) in [6.07, 6.45) is 1.58. The van der Waals surface area contributed by atoms with Gasteiger partial charge in [-0.05, 0) is 48.2 Å². The van der Waals surface area contributed by atoms with Crippen LogP contribution in [-0.4, -0.2) is 52.1 Å². The Morgan fingerprint density at radius 2 is 1.90 bits per heavy atom. The summed E-state index contributed by atoms with van der Waals surface area (Å²) in [6.45, 7) is 4.64. The summed E-state index contributed by atoms with van der Waals surface area (Å²) in [4.78, 5) is 31.6. The van der Waals surface area contributed by atoms with E-state index < -0.39 is 0 Å². The molecule has 1 aliphatic heterocycles. The van der Waals surface area contributed by atoms with Crippen molar-refractivity contribution in [3.8, 4) is 10.6 Å². The first-order valence-electron chi connectivity index (χ1n) is 10.2. The molecule has 1 fully saturated rings. The van der Waals surface area contributed by atoms with E-state index in [9.17, 15) is 4.79 Å². The number of aryl methyl sites for hydroxylation is 1. The van der Waals surface area contributed by atoms with Crippen molar-refractivity contribution in [2.75, 3.05) is 36.4 Å². The van der Waals surface area contributed by atoms with Gasteiger partial charge in [-0.15, -0.1) is 11.3 Å². The van der Waals surface area contributed by atoms with Gasteiger partial charge in [0.2, 0.25) is 0 Å². The van der Waals surface area contributed by atoms with Crippen LogP contribution in [0.15, 0.2) is 60.2 Å². The maximum absolute atomic E-state index is 12.7. The maximum Gasteiger partial charge on any atom is 0.321 e. The third kappa shape index (κ3) is 4.06. The van der Waals surface area contributed by atoms with E-state index in [2.05, 4.69) is 26.3 Å². The van der Waals surface area contributed by atoms with Crippen LogP contribution in [0.1, 0.15) is 5.56 Å². The van der Waals surface area contributed by atoms with Gasteiger partial charge in [-0.3, -0.25) is 0 Å². The Hall–Kier alpha value is -3.52. The number of anilines is 2. The predicted octanol–water partition coefficient (Wildman–Crippen LogP) is 4.42. The molecule has 0 radical (unpaired) electrons. The zero-order valence-corrected chi connectivity index (χ0v) is 18.0. The number of piperazine rings is 1. The number of fused-ring (bicyclic) bond motifs is 1. The van der Waals surface area contributed by atoms with Crippen molar-refractivity contribution >= 4 is 39.9 Å². The summed E-state index contributed by atoms with van der Waals surface area (Å²) in [7, 11) is 0. The highest BCUT2D eigenvalue weighted by molar-refractivity contribution is 7.13. The number of hydrogen-bond donors (Lipinski definition) is 1. The molecule has 0 aliphatic carbocycles. The van der Waals surface area contributed by atoms with E-state index >= 15 is 0 Å². The monoisotopic (exact) mass is 430 g/mol. The second kappa shape index (κ2) is 8.31. The van der Waals surface area contributed by atoms with Crippen LogP contribution in [0.4, 0.5) is 16.3 Å². The lowest BCUT2D eigenvalue weighted by Gasteiger charge is -2.35. The van der Waals surface area contributed by atoms with Gasteiger partial charge in [-0.2, -0.15) is 0 Å². The number of nitrogens with one attached hydrogen (secondary N) is 1. The minimum absolute atomic E-state index is 0.0732. The standard InChI is InChI=1S/C23H22N6OS/c1-16-4-2-5-17(14-16)26-23(30)29-11-9-28(10-12-29)22-21-19(24-15-25-22)8-7-18(27-21)20-6-3-13-31-20/h2-8,13-15H,9-12H2,1H3,(H,26,30). The molecule has 1 saturated heterocycles. The molecule has 0 unspecified atom stereocenters. The van der Waals surface area contributed by atoms with Crippen molar-refractivity contribution in [2.45, 2.75) is 6.92 Å². The average molecular weight is 431 g/mol. The number of nitrogens with zero attached hydrogens (tertiary/aromatic N) is 5. The van der Waals surface area contributed by atoms with Gasteiger partial charge < -0.3 is 15.1 Å². The Balaban J connectivity index is 1.32. The van der Waals surface area contributed by atoms with E-state index in [1.54, 1.807) is 17.7 Å². The van der Waals surface area contributed by atoms with E-state index in [-0.39, 0.29) is 6.03 Å². The quantitative estimate of drug-likeness (QED) is 0.521. The zero-order chi connectivity index (χ0) is 21.2. The first kappa shape index (κ1) is 19.4. The van der Waals surface area contributed by atoms with Crippen molar-refractivity contribution in [3.63, 3.8) is 0 Å². The van der Waals surface area contributed by atoms with Gasteiger partial charge in [0, 0.05) is 31.9 Å². The van der Waals surface area contributed by atoms with Crippen molar-refractivity contribution < 1.29 is 4.79 Å². The Morgan fingerprint density at radius 3 is 2.68 bits per heavy atom. The SMILES string of the molecule is Cc1cccc(NC(=O)N2CCN(c3ncnc4ccc(-c5cccs5)nc34)CC2)c1. The van der Waals surface area contributed by atoms with Crippen molar-refractivity contribution in [2.24, 2.45) is 0 Å². The van der Waals surface area contributed by atoms with Gasteiger partial charge >= 0.3 is 6.03 Å². The van der Waals surface area contributed by atoms with E-state index in [0.29, 0.717) is 26.2 Å². The minimum Gasteiger partial charge on any atom is -0.351 e. The third-order valence-electron chi connectivity index (χ3n) is 5.37. The summed E-state index contributed by atoms with van der Waals surface area (Å²) in [5, 5.41) is 5.04. The molecule has 156 valence electrons. The summed E-state index contributed by atoms with van der Waals surface area (Å²) in [5.41, 5.74) is 4.48. The second-order valence-electron chi connectivity index (χ2n) is 7.51. The molecule has 4 aromatic rings. The molecule has 3 aromatic heterocycles. The molecule has 1 N–H and O–H groups in total. The van der Waals surface area contributed by atoms with E-state index in [4.69, 9.17) is 4.98 Å². The minimum atomic E-state index is -0.0732. The Labute approximate surface area is 184 Å². The molecular formula is C23H22N6OS. The van der Waals surface area contributed by atoms with Gasteiger partial charge in [-0.25, -0.2) is 19.7 Å². The number of aromatic nitrogens is 3. The van der Waals surface area contributed by atoms with Gasteiger partial charge in [0.05, 0.1) is 16.1 Å². The van der Waals surface area contributed by atoms with Crippen molar-refractivity contribution in [1.82, 2.24) is 19.9 Å². The summed E-state index contributed by atoms with van der Waals surface area (Å²) >= 11 is 1.66. The van der Waals surface area contributed by atoms with E-state index in [1.165, 1.54) is 0 Å². The fourth-order valence-electron chi connectivity index (χ4n) is 3.77. The summed E-state index contributed by atoms with van der Waals surface area (Å²) in [5.74, 6) is 0.821. The summed E-state index contributed by atoms with van der Waals surface area (Å²) < 4.78 is 0. The third-order valence-corrected chi connectivity index (χ3v) is 6.26. The van der Waals surface area contributed by atoms with Gasteiger partial charge in [0.25, 0.3) is 0 Å². The van der Waals surface area contributed by atoms with Crippen LogP contribution >= 0.6 is 11.3 Å². The van der Waals surface area contributed by atoms with E-state index in [0.717, 1.165) is 38.7 Å². The molecule has 5 rings (SSSR count). The fourth-order valence-corrected chi connectivity index (χ4v) is 4.46. The highest BCUT2D eigenvalue weighted by Gasteiger charge is 2.24. The molecule has 0 saturated carbocycles. The molecule has 2 amide bonds. The highest BCUT2D eigenvalue weighted by Crippen LogP contribution is 2.28. The highest BCUT2D eigenvalue weighted by atomic mass is 32.1. The lowest BCUT2D eigenvalue weighted by Crippen LogP contribution is -2.50. The van der Waals surface area contributed by atoms with Crippen LogP contribution in [0, 0.1) is 6.92 Å². The smallest absolute Gasteiger partial charge is 0.321 e. The topological polar surface area (TPSA) is 74.2 Å². The Kier molecular flexibility index (Phi) is 5.21. The van der Waals surface area contributed by atoms with Crippen LogP contribution in [0.25, 0.3) is 21.6 Å². The zero-order valence-electron chi connectivity index (χ0n) is 17.2. The average Bonchev–Trinajstić information content (AvgIpc) is 3.33. The largest absolute Gasteiger partial charge is 0.351 e. The number of urea groups is 1. The van der Waals surface area contributed by atoms with E-state index in [1.807, 2.05) is 59.7 Å². The number of hydrogen-bond acceptors (Lipinski definition) is 6. The summed E-state index contributed by atoms with van der Waals surface area (Å²) in [6, 6.07) is 15.8. The first-order chi connectivity index (χ1) is 15.2. The molecule has 31 heavy (non-hydrogen) atoms. The Morgan fingerprint density at radius 1 is 1.03 bits per heavy atom. The molecule has 7 nitrogen and oxygen atoms in total. The number of thiophene rings is 1. The molecule has 1 aromatic carbocycles. The number of pyridine rings is 1. The van der Waals surface area contributed by atoms with Gasteiger partial charge in [0.1, 0.15) is 11.8 Å². The number of rotatable bonds is 3. The molecular weight excluding hydrogens is 408 g/mol. The first-order valence-corrected chi connectivity index (χ1v) is 11.1. The molecule has 1 aliphatic rings. The fraction of sp³-hybridized carbons (Fsp3) is 0.217.